The summed E-state index contributed by atoms with van der Waals surface area (Å²) in [7, 11) is 0. The highest BCUT2D eigenvalue weighted by Gasteiger charge is 2.28. The lowest BCUT2D eigenvalue weighted by Crippen LogP contribution is -2.19. The van der Waals surface area contributed by atoms with Crippen molar-refractivity contribution < 1.29 is 23.1 Å². The third-order valence-electron chi connectivity index (χ3n) is 1.63. The van der Waals surface area contributed by atoms with Crippen LogP contribution in [0.2, 0.25) is 0 Å². The molecule has 0 amide bonds. The third-order valence-corrected chi connectivity index (χ3v) is 1.63. The Hall–Kier alpha value is -1.79. The maximum atomic E-state index is 11.9. The van der Waals surface area contributed by atoms with Gasteiger partial charge in [0.25, 0.3) is 0 Å². The molecule has 16 heavy (non-hydrogen) atoms. The molecule has 0 aliphatic rings. The van der Waals surface area contributed by atoms with Crippen molar-refractivity contribution in [3.63, 3.8) is 0 Å². The Morgan fingerprint density at radius 3 is 2.75 bits per heavy atom. The summed E-state index contributed by atoms with van der Waals surface area (Å²) < 4.78 is 40.0. The van der Waals surface area contributed by atoms with Crippen LogP contribution in [0.5, 0.6) is 5.88 Å². The highest BCUT2D eigenvalue weighted by Crippen LogP contribution is 2.17. The van der Waals surface area contributed by atoms with E-state index in [1.807, 2.05) is 0 Å². The Kier molecular flexibility index (Phi) is 3.70. The second-order valence-electron chi connectivity index (χ2n) is 2.95. The van der Waals surface area contributed by atoms with Crippen molar-refractivity contribution in [2.75, 3.05) is 6.61 Å². The number of nitrogens with zero attached hydrogens (tertiary/aromatic N) is 2. The van der Waals surface area contributed by atoms with Crippen LogP contribution in [0.4, 0.5) is 13.2 Å². The number of aromatic nitrogens is 1. The number of hydrogen-bond donors (Lipinski definition) is 1. The second-order valence-corrected chi connectivity index (χ2v) is 2.95. The fourth-order valence-electron chi connectivity index (χ4n) is 0.904. The molecule has 1 rings (SSSR count). The largest absolute Gasteiger partial charge is 0.468 e. The maximum absolute atomic E-state index is 11.9. The predicted molar refractivity (Wildman–Crippen MR) is 49.8 cm³/mol. The first-order valence-electron chi connectivity index (χ1n) is 4.28. The van der Waals surface area contributed by atoms with Crippen LogP contribution in [0, 0.1) is 0 Å². The lowest BCUT2D eigenvalue weighted by Gasteiger charge is -2.08. The summed E-state index contributed by atoms with van der Waals surface area (Å²) in [4.78, 5) is 3.73. The molecule has 0 fully saturated rings. The zero-order valence-corrected chi connectivity index (χ0v) is 8.32. The number of hydrogen-bond acceptors (Lipinski definition) is 4. The lowest BCUT2D eigenvalue weighted by molar-refractivity contribution is -0.154. The first kappa shape index (κ1) is 12.3. The summed E-state index contributed by atoms with van der Waals surface area (Å²) >= 11 is 0. The molecule has 0 saturated heterocycles. The number of oxime groups is 1. The molecule has 88 valence electrons. The van der Waals surface area contributed by atoms with Crippen molar-refractivity contribution in [1.29, 1.82) is 0 Å². The van der Waals surface area contributed by atoms with Crippen LogP contribution in [0.15, 0.2) is 23.4 Å². The smallest absolute Gasteiger partial charge is 0.422 e. The molecule has 1 heterocycles. The molecule has 0 spiro atoms. The van der Waals surface area contributed by atoms with Crippen molar-refractivity contribution in [1.82, 2.24) is 4.98 Å². The molecule has 0 radical (unpaired) electrons. The monoisotopic (exact) mass is 234 g/mol. The van der Waals surface area contributed by atoms with Gasteiger partial charge in [0.2, 0.25) is 5.88 Å². The van der Waals surface area contributed by atoms with Crippen LogP contribution < -0.4 is 4.74 Å². The fraction of sp³-hybridized carbons (Fsp3) is 0.333. The van der Waals surface area contributed by atoms with Gasteiger partial charge in [-0.1, -0.05) is 11.2 Å². The number of halogens is 3. The SMILES string of the molecule is CC(=NO)c1cccc(OCC(F)(F)F)n1. The normalized spacial score (nSPS) is 12.6. The zero-order valence-electron chi connectivity index (χ0n) is 8.32. The maximum Gasteiger partial charge on any atom is 0.422 e. The van der Waals surface area contributed by atoms with Crippen LogP contribution >= 0.6 is 0 Å². The molecule has 0 aromatic carbocycles. The van der Waals surface area contributed by atoms with Gasteiger partial charge in [-0.25, -0.2) is 4.98 Å². The molecular weight excluding hydrogens is 225 g/mol. The summed E-state index contributed by atoms with van der Waals surface area (Å²) in [6, 6.07) is 4.25. The van der Waals surface area contributed by atoms with E-state index in [1.165, 1.54) is 25.1 Å². The van der Waals surface area contributed by atoms with Gasteiger partial charge in [-0.3, -0.25) is 0 Å². The predicted octanol–water partition coefficient (Wildman–Crippen LogP) is 2.22. The average Bonchev–Trinajstić information content (AvgIpc) is 2.25. The van der Waals surface area contributed by atoms with Gasteiger partial charge in [-0.15, -0.1) is 0 Å². The Labute approximate surface area is 89.4 Å². The van der Waals surface area contributed by atoms with Gasteiger partial charge in [0.15, 0.2) is 6.61 Å². The molecule has 0 saturated carbocycles. The molecule has 0 bridgehead atoms. The van der Waals surface area contributed by atoms with E-state index in [0.717, 1.165) is 0 Å². The van der Waals surface area contributed by atoms with Crippen molar-refractivity contribution >= 4 is 5.71 Å². The van der Waals surface area contributed by atoms with Crippen molar-refractivity contribution in [3.05, 3.63) is 23.9 Å². The molecular formula is C9H9F3N2O2. The Bertz CT molecular complexity index is 391. The van der Waals surface area contributed by atoms with Crippen molar-refractivity contribution in [2.45, 2.75) is 13.1 Å². The van der Waals surface area contributed by atoms with Gasteiger partial charge >= 0.3 is 6.18 Å². The van der Waals surface area contributed by atoms with E-state index < -0.39 is 12.8 Å². The first-order chi connectivity index (χ1) is 7.42. The van der Waals surface area contributed by atoms with E-state index in [2.05, 4.69) is 14.9 Å². The molecule has 1 aromatic heterocycles. The fourth-order valence-corrected chi connectivity index (χ4v) is 0.904. The van der Waals surface area contributed by atoms with Gasteiger partial charge in [-0.05, 0) is 13.0 Å². The van der Waals surface area contributed by atoms with E-state index in [0.29, 0.717) is 0 Å². The minimum Gasteiger partial charge on any atom is -0.468 e. The van der Waals surface area contributed by atoms with Crippen LogP contribution in [0.1, 0.15) is 12.6 Å². The molecule has 0 atom stereocenters. The number of ether oxygens (including phenoxy) is 1. The summed E-state index contributed by atoms with van der Waals surface area (Å²) in [5, 5.41) is 11.4. The molecule has 7 heteroatoms. The topological polar surface area (TPSA) is 54.7 Å². The van der Waals surface area contributed by atoms with E-state index in [4.69, 9.17) is 5.21 Å². The molecule has 0 aliphatic carbocycles. The Morgan fingerprint density at radius 1 is 1.50 bits per heavy atom. The standard InChI is InChI=1S/C9H9F3N2O2/c1-6(14-15)7-3-2-4-8(13-7)16-5-9(10,11)12/h2-4,15H,5H2,1H3. The van der Waals surface area contributed by atoms with Crippen LogP contribution in [-0.4, -0.2) is 28.7 Å². The molecule has 1 aromatic rings. The summed E-state index contributed by atoms with van der Waals surface area (Å²) in [6.45, 7) is 0.0641. The van der Waals surface area contributed by atoms with E-state index in [-0.39, 0.29) is 17.3 Å². The minimum absolute atomic E-state index is 0.169. The lowest BCUT2D eigenvalue weighted by atomic mass is 10.2. The highest BCUT2D eigenvalue weighted by atomic mass is 19.4. The minimum atomic E-state index is -4.40. The van der Waals surface area contributed by atoms with Gasteiger partial charge in [-0.2, -0.15) is 13.2 Å². The Balaban J connectivity index is 2.76. The molecule has 1 N–H and O–H groups in total. The number of alkyl halides is 3. The van der Waals surface area contributed by atoms with Gasteiger partial charge < -0.3 is 9.94 Å². The van der Waals surface area contributed by atoms with Gasteiger partial charge in [0.05, 0.1) is 5.69 Å². The van der Waals surface area contributed by atoms with Crippen LogP contribution in [0.25, 0.3) is 0 Å². The van der Waals surface area contributed by atoms with Gasteiger partial charge in [0.1, 0.15) is 5.71 Å². The van der Waals surface area contributed by atoms with Crippen molar-refractivity contribution in [2.24, 2.45) is 5.16 Å². The summed E-state index contributed by atoms with van der Waals surface area (Å²) in [5.74, 6) is -0.169. The first-order valence-corrected chi connectivity index (χ1v) is 4.28. The van der Waals surface area contributed by atoms with Crippen LogP contribution in [-0.2, 0) is 0 Å². The molecule has 4 nitrogen and oxygen atoms in total. The number of pyridine rings is 1. The van der Waals surface area contributed by atoms with E-state index >= 15 is 0 Å². The van der Waals surface area contributed by atoms with E-state index in [1.54, 1.807) is 0 Å². The third kappa shape index (κ3) is 3.76. The average molecular weight is 234 g/mol. The Morgan fingerprint density at radius 2 is 2.19 bits per heavy atom. The highest BCUT2D eigenvalue weighted by molar-refractivity contribution is 5.96. The van der Waals surface area contributed by atoms with E-state index in [9.17, 15) is 13.2 Å². The quantitative estimate of drug-likeness (QED) is 0.495. The summed E-state index contributed by atoms with van der Waals surface area (Å²) in [5.41, 5.74) is 0.444. The van der Waals surface area contributed by atoms with Crippen LogP contribution in [0.3, 0.4) is 0 Å². The second kappa shape index (κ2) is 4.82. The summed E-state index contributed by atoms with van der Waals surface area (Å²) in [6.07, 6.45) is -4.40. The van der Waals surface area contributed by atoms with Gasteiger partial charge in [0, 0.05) is 6.07 Å². The molecule has 0 aliphatic heterocycles. The zero-order chi connectivity index (χ0) is 12.2. The van der Waals surface area contributed by atoms with Crippen molar-refractivity contribution in [3.8, 4) is 5.88 Å². The molecule has 0 unspecified atom stereocenters. The number of rotatable bonds is 3.